The highest BCUT2D eigenvalue weighted by Gasteiger charge is 2.30. The van der Waals surface area contributed by atoms with Gasteiger partial charge in [0, 0.05) is 12.7 Å². The molecule has 1 fully saturated rings. The first kappa shape index (κ1) is 12.6. The number of carboxylic acids is 1. The lowest BCUT2D eigenvalue weighted by Crippen LogP contribution is -2.38. The van der Waals surface area contributed by atoms with Crippen molar-refractivity contribution in [1.82, 2.24) is 9.47 Å². The average Bonchev–Trinajstić information content (AvgIpc) is 2.95. The first-order valence-electron chi connectivity index (χ1n) is 5.92. The smallest absolute Gasteiger partial charge is 0.323 e. The Hall–Kier alpha value is -1.82. The Kier molecular flexibility index (Phi) is 3.66. The van der Waals surface area contributed by atoms with Gasteiger partial charge in [-0.2, -0.15) is 0 Å². The summed E-state index contributed by atoms with van der Waals surface area (Å²) in [5.74, 6) is -1.20. The van der Waals surface area contributed by atoms with Gasteiger partial charge in [-0.05, 0) is 25.0 Å². The van der Waals surface area contributed by atoms with Gasteiger partial charge >= 0.3 is 5.97 Å². The number of hydrogen-bond donors (Lipinski definition) is 2. The molecule has 18 heavy (non-hydrogen) atoms. The molecule has 2 rings (SSSR count). The second-order valence-electron chi connectivity index (χ2n) is 4.39. The molecule has 6 heteroatoms. The van der Waals surface area contributed by atoms with Crippen LogP contribution in [0.2, 0.25) is 0 Å². The first-order valence-corrected chi connectivity index (χ1v) is 5.92. The molecular formula is C12H16N2O4. The van der Waals surface area contributed by atoms with Gasteiger partial charge in [0.05, 0.1) is 12.6 Å². The Morgan fingerprint density at radius 2 is 2.22 bits per heavy atom. The number of carboxylic acid groups (broad SMARTS) is 1. The second kappa shape index (κ2) is 5.22. The number of likely N-dealkylation sites (tertiary alicyclic amines) is 1. The van der Waals surface area contributed by atoms with Crippen LogP contribution in [0.4, 0.5) is 0 Å². The summed E-state index contributed by atoms with van der Waals surface area (Å²) >= 11 is 0. The van der Waals surface area contributed by atoms with Gasteiger partial charge in [-0.1, -0.05) is 0 Å². The van der Waals surface area contributed by atoms with Crippen molar-refractivity contribution in [2.75, 3.05) is 13.2 Å². The monoisotopic (exact) mass is 252 g/mol. The maximum atomic E-state index is 12.3. The van der Waals surface area contributed by atoms with Gasteiger partial charge in [0.1, 0.15) is 12.2 Å². The lowest BCUT2D eigenvalue weighted by molar-refractivity contribution is -0.137. The van der Waals surface area contributed by atoms with Crippen LogP contribution in [0.25, 0.3) is 0 Å². The van der Waals surface area contributed by atoms with E-state index in [4.69, 9.17) is 5.11 Å². The van der Waals surface area contributed by atoms with Gasteiger partial charge in [0.15, 0.2) is 0 Å². The van der Waals surface area contributed by atoms with Crippen molar-refractivity contribution in [3.63, 3.8) is 0 Å². The van der Waals surface area contributed by atoms with Crippen LogP contribution in [0.15, 0.2) is 18.3 Å². The van der Waals surface area contributed by atoms with Crippen LogP contribution in [0.5, 0.6) is 0 Å². The zero-order valence-electron chi connectivity index (χ0n) is 9.95. The molecule has 6 nitrogen and oxygen atoms in total. The normalized spacial score (nSPS) is 19.2. The van der Waals surface area contributed by atoms with E-state index < -0.39 is 5.97 Å². The van der Waals surface area contributed by atoms with Crippen LogP contribution >= 0.6 is 0 Å². The number of aliphatic hydroxyl groups excluding tert-OH is 1. The molecule has 0 saturated carbocycles. The molecule has 0 bridgehead atoms. The third kappa shape index (κ3) is 2.38. The van der Waals surface area contributed by atoms with E-state index in [0.29, 0.717) is 12.2 Å². The lowest BCUT2D eigenvalue weighted by Gasteiger charge is -2.23. The fourth-order valence-corrected chi connectivity index (χ4v) is 2.33. The molecule has 2 heterocycles. The van der Waals surface area contributed by atoms with Crippen LogP contribution < -0.4 is 0 Å². The molecule has 1 aromatic heterocycles. The molecule has 1 atom stereocenters. The molecule has 2 N–H and O–H groups in total. The third-order valence-electron chi connectivity index (χ3n) is 3.20. The average molecular weight is 252 g/mol. The number of rotatable bonds is 4. The number of carbonyl (C=O) groups is 2. The Balaban J connectivity index is 2.18. The quantitative estimate of drug-likeness (QED) is 0.800. The van der Waals surface area contributed by atoms with Gasteiger partial charge in [-0.3, -0.25) is 9.59 Å². The van der Waals surface area contributed by atoms with Crippen molar-refractivity contribution in [3.05, 3.63) is 24.0 Å². The van der Waals surface area contributed by atoms with E-state index in [2.05, 4.69) is 0 Å². The third-order valence-corrected chi connectivity index (χ3v) is 3.20. The van der Waals surface area contributed by atoms with Gasteiger partial charge in [-0.25, -0.2) is 0 Å². The van der Waals surface area contributed by atoms with Gasteiger partial charge in [-0.15, -0.1) is 0 Å². The molecule has 0 aromatic carbocycles. The minimum Gasteiger partial charge on any atom is -0.480 e. The molecule has 98 valence electrons. The Morgan fingerprint density at radius 3 is 2.89 bits per heavy atom. The van der Waals surface area contributed by atoms with E-state index in [0.717, 1.165) is 12.8 Å². The van der Waals surface area contributed by atoms with Crippen molar-refractivity contribution in [2.45, 2.75) is 25.4 Å². The summed E-state index contributed by atoms with van der Waals surface area (Å²) in [7, 11) is 0. The molecule has 1 aliphatic rings. The zero-order chi connectivity index (χ0) is 13.1. The minimum absolute atomic E-state index is 0.0502. The summed E-state index contributed by atoms with van der Waals surface area (Å²) in [4.78, 5) is 24.6. The van der Waals surface area contributed by atoms with E-state index in [1.54, 1.807) is 23.2 Å². The highest BCUT2D eigenvalue weighted by Crippen LogP contribution is 2.20. The molecule has 1 aliphatic heterocycles. The molecule has 1 saturated heterocycles. The maximum Gasteiger partial charge on any atom is 0.323 e. The summed E-state index contributed by atoms with van der Waals surface area (Å²) in [5, 5.41) is 18.0. The van der Waals surface area contributed by atoms with E-state index >= 15 is 0 Å². The largest absolute Gasteiger partial charge is 0.480 e. The highest BCUT2D eigenvalue weighted by molar-refractivity contribution is 5.93. The number of carbonyl (C=O) groups excluding carboxylic acids is 1. The summed E-state index contributed by atoms with van der Waals surface area (Å²) in [5.41, 5.74) is 0.359. The standard InChI is InChI=1S/C12H16N2O4/c15-8-9-3-1-6-14(9)12(18)10-4-2-5-13(10)7-11(16)17/h2,4-5,9,15H,1,3,6-8H2,(H,16,17). The number of amides is 1. The van der Waals surface area contributed by atoms with Crippen molar-refractivity contribution in [1.29, 1.82) is 0 Å². The fraction of sp³-hybridized carbons (Fsp3) is 0.500. The predicted molar refractivity (Wildman–Crippen MR) is 63.2 cm³/mol. The summed E-state index contributed by atoms with van der Waals surface area (Å²) in [6.07, 6.45) is 3.24. The summed E-state index contributed by atoms with van der Waals surface area (Å²) in [6.45, 7) is 0.333. The number of aliphatic hydroxyl groups is 1. The van der Waals surface area contributed by atoms with Crippen molar-refractivity contribution < 1.29 is 19.8 Å². The van der Waals surface area contributed by atoms with E-state index in [1.807, 2.05) is 0 Å². The molecule has 1 unspecified atom stereocenters. The molecule has 0 radical (unpaired) electrons. The zero-order valence-corrected chi connectivity index (χ0v) is 9.95. The molecule has 1 amide bonds. The van der Waals surface area contributed by atoms with Gasteiger partial charge in [0.2, 0.25) is 0 Å². The van der Waals surface area contributed by atoms with Gasteiger partial charge < -0.3 is 19.7 Å². The summed E-state index contributed by atoms with van der Waals surface area (Å²) in [6, 6.07) is 3.11. The maximum absolute atomic E-state index is 12.3. The first-order chi connectivity index (χ1) is 8.63. The Bertz CT molecular complexity index is 455. The fourth-order valence-electron chi connectivity index (χ4n) is 2.33. The predicted octanol–water partition coefficient (Wildman–Crippen LogP) is 0.170. The minimum atomic E-state index is -0.986. The van der Waals surface area contributed by atoms with Crippen LogP contribution in [0, 0.1) is 0 Å². The van der Waals surface area contributed by atoms with E-state index in [-0.39, 0.29) is 25.1 Å². The van der Waals surface area contributed by atoms with Crippen LogP contribution in [-0.4, -0.2) is 50.8 Å². The second-order valence-corrected chi connectivity index (χ2v) is 4.39. The highest BCUT2D eigenvalue weighted by atomic mass is 16.4. The molecule has 0 aliphatic carbocycles. The number of nitrogens with zero attached hydrogens (tertiary/aromatic N) is 2. The van der Waals surface area contributed by atoms with Crippen LogP contribution in [-0.2, 0) is 11.3 Å². The van der Waals surface area contributed by atoms with Crippen molar-refractivity contribution >= 4 is 11.9 Å². The van der Waals surface area contributed by atoms with Crippen LogP contribution in [0.3, 0.4) is 0 Å². The van der Waals surface area contributed by atoms with E-state index in [1.165, 1.54) is 4.57 Å². The Labute approximate surface area is 104 Å². The molecular weight excluding hydrogens is 236 g/mol. The lowest BCUT2D eigenvalue weighted by atomic mass is 10.2. The molecule has 1 aromatic rings. The van der Waals surface area contributed by atoms with Crippen molar-refractivity contribution in [3.8, 4) is 0 Å². The van der Waals surface area contributed by atoms with Crippen molar-refractivity contribution in [2.24, 2.45) is 0 Å². The topological polar surface area (TPSA) is 82.8 Å². The number of hydrogen-bond acceptors (Lipinski definition) is 3. The SMILES string of the molecule is O=C(O)Cn1cccc1C(=O)N1CCCC1CO. The Morgan fingerprint density at radius 1 is 1.44 bits per heavy atom. The summed E-state index contributed by atoms with van der Waals surface area (Å²) < 4.78 is 1.41. The van der Waals surface area contributed by atoms with Crippen LogP contribution in [0.1, 0.15) is 23.3 Å². The number of aliphatic carboxylic acids is 1. The molecule has 0 spiro atoms. The number of aromatic nitrogens is 1. The van der Waals surface area contributed by atoms with E-state index in [9.17, 15) is 14.7 Å². The van der Waals surface area contributed by atoms with Gasteiger partial charge in [0.25, 0.3) is 5.91 Å².